The van der Waals surface area contributed by atoms with Crippen LogP contribution >= 0.6 is 8.38 Å². The molecule has 1 aliphatic rings. The second-order valence-electron chi connectivity index (χ2n) is 6.65. The lowest BCUT2D eigenvalue weighted by Gasteiger charge is -2.33. The van der Waals surface area contributed by atoms with Gasteiger partial charge in [0.05, 0.1) is 13.3 Å². The van der Waals surface area contributed by atoms with Crippen LogP contribution in [0.25, 0.3) is 10.8 Å². The van der Waals surface area contributed by atoms with E-state index in [1.54, 1.807) is 6.07 Å². The van der Waals surface area contributed by atoms with Gasteiger partial charge in [0.2, 0.25) is 11.8 Å². The first kappa shape index (κ1) is 19.7. The lowest BCUT2D eigenvalue weighted by atomic mass is 9.94. The van der Waals surface area contributed by atoms with Crippen molar-refractivity contribution in [2.24, 2.45) is 5.92 Å². The number of hydrogen-bond donors (Lipinski definition) is 2. The highest BCUT2D eigenvalue weighted by Gasteiger charge is 2.23. The van der Waals surface area contributed by atoms with Gasteiger partial charge in [0.1, 0.15) is 11.2 Å². The van der Waals surface area contributed by atoms with Crippen molar-refractivity contribution >= 4 is 30.9 Å². The van der Waals surface area contributed by atoms with Crippen LogP contribution in [-0.2, 0) is 0 Å². The van der Waals surface area contributed by atoms with E-state index in [0.29, 0.717) is 23.3 Å². The number of rotatable bonds is 5. The average Bonchev–Trinajstić information content (AvgIpc) is 2.65. The molecule has 146 valence electrons. The van der Waals surface area contributed by atoms with Crippen molar-refractivity contribution in [3.05, 3.63) is 22.6 Å². The van der Waals surface area contributed by atoms with E-state index in [1.807, 2.05) is 0 Å². The fourth-order valence-electron chi connectivity index (χ4n) is 3.40. The molecule has 0 amide bonds. The Bertz CT molecular complexity index is 893. The van der Waals surface area contributed by atoms with Gasteiger partial charge in [-0.25, -0.2) is 0 Å². The smallest absolute Gasteiger partial charge is 0.287 e. The lowest BCUT2D eigenvalue weighted by molar-refractivity contribution is 0.0915. The molecule has 10 heteroatoms. The monoisotopic (exact) mass is 394 g/mol. The Kier molecular flexibility index (Phi) is 6.04. The van der Waals surface area contributed by atoms with Crippen molar-refractivity contribution in [3.63, 3.8) is 0 Å². The Hall–Kier alpha value is -2.09. The van der Waals surface area contributed by atoms with Crippen LogP contribution in [0.3, 0.4) is 0 Å². The van der Waals surface area contributed by atoms with Crippen LogP contribution < -0.4 is 15.2 Å². The third kappa shape index (κ3) is 4.26. The summed E-state index contributed by atoms with van der Waals surface area (Å²) in [5, 5.41) is 4.74. The molecular formula is C17H23N4O5P. The maximum absolute atomic E-state index is 12.5. The topological polar surface area (TPSA) is 118 Å². The molecular weight excluding hydrogens is 371 g/mol. The van der Waals surface area contributed by atoms with Crippen LogP contribution in [0.15, 0.2) is 17.1 Å². The zero-order valence-electron chi connectivity index (χ0n) is 15.3. The van der Waals surface area contributed by atoms with Gasteiger partial charge in [-0.05, 0) is 31.2 Å². The maximum Gasteiger partial charge on any atom is 0.287 e. The van der Waals surface area contributed by atoms with Crippen LogP contribution in [0.2, 0.25) is 0 Å². The first-order valence-electron chi connectivity index (χ1n) is 8.79. The summed E-state index contributed by atoms with van der Waals surface area (Å²) in [4.78, 5) is 48.8. The number of nitrogens with zero attached hydrogens (tertiary/aromatic N) is 4. The fraction of sp³-hybridized carbons (Fsp3) is 0.529. The summed E-state index contributed by atoms with van der Waals surface area (Å²) in [6.07, 6.45) is 4.62. The molecule has 3 rings (SSSR count). The zero-order chi connectivity index (χ0) is 19.6. The molecule has 9 nitrogen and oxygen atoms in total. The Morgan fingerprint density at radius 3 is 2.67 bits per heavy atom. The number of ether oxygens (including phenoxy) is 1. The Balaban J connectivity index is 1.86. The van der Waals surface area contributed by atoms with E-state index in [2.05, 4.69) is 15.0 Å². The highest BCUT2D eigenvalue weighted by molar-refractivity contribution is 7.45. The third-order valence-corrected chi connectivity index (χ3v) is 5.55. The highest BCUT2D eigenvalue weighted by Crippen LogP contribution is 2.32. The molecule has 2 aromatic rings. The van der Waals surface area contributed by atoms with Crippen LogP contribution in [0, 0.1) is 5.92 Å². The molecule has 0 aromatic carbocycles. The van der Waals surface area contributed by atoms with Crippen LogP contribution in [-0.4, -0.2) is 56.8 Å². The number of piperidine rings is 1. The number of pyridine rings is 1. The molecule has 0 radical (unpaired) electrons. The predicted octanol–water partition coefficient (Wildman–Crippen LogP) is 1.36. The molecule has 27 heavy (non-hydrogen) atoms. The number of carbonyl (C=O) groups excluding carboxylic acids is 1. The van der Waals surface area contributed by atoms with Crippen molar-refractivity contribution in [3.8, 4) is 5.88 Å². The summed E-state index contributed by atoms with van der Waals surface area (Å²) >= 11 is 0. The second kappa shape index (κ2) is 8.29. The normalized spacial score (nSPS) is 15.5. The number of aromatic nitrogens is 3. The van der Waals surface area contributed by atoms with E-state index in [0.717, 1.165) is 37.0 Å². The number of anilines is 1. The summed E-state index contributed by atoms with van der Waals surface area (Å²) in [5.74, 6) is 0.881. The molecule has 0 aliphatic carbocycles. The molecule has 2 N–H and O–H groups in total. The van der Waals surface area contributed by atoms with Gasteiger partial charge in [0.15, 0.2) is 8.38 Å². The maximum atomic E-state index is 12.5. The minimum Gasteiger partial charge on any atom is -0.480 e. The van der Waals surface area contributed by atoms with Gasteiger partial charge in [-0.2, -0.15) is 14.8 Å². The van der Waals surface area contributed by atoms with Crippen LogP contribution in [0.1, 0.15) is 31.0 Å². The van der Waals surface area contributed by atoms with Gasteiger partial charge in [0.25, 0.3) is 5.56 Å². The molecule has 1 saturated heterocycles. The van der Waals surface area contributed by atoms with Crippen molar-refractivity contribution in [2.45, 2.75) is 26.2 Å². The summed E-state index contributed by atoms with van der Waals surface area (Å²) in [7, 11) is -0.380. The summed E-state index contributed by atoms with van der Waals surface area (Å²) in [5.41, 5.74) is -0.542. The summed E-state index contributed by atoms with van der Waals surface area (Å²) < 4.78 is 6.12. The molecule has 2 aromatic heterocycles. The molecule has 1 aliphatic heterocycles. The van der Waals surface area contributed by atoms with E-state index in [1.165, 1.54) is 20.2 Å². The average molecular weight is 394 g/mol. The van der Waals surface area contributed by atoms with Gasteiger partial charge in [-0.3, -0.25) is 9.59 Å². The van der Waals surface area contributed by atoms with E-state index < -0.39 is 19.8 Å². The molecule has 0 spiro atoms. The first-order valence-corrected chi connectivity index (χ1v) is 10.2. The standard InChI is InChI=1S/C17H23N4O5P/c1-11(22)21-17(23)15-13(10-18-21)9-14(19-16(15)26-2)20-6-3-12(4-7-20)5-8-27(24)25/h9-10,12,24-25H,3-8H2,1-2H3. The number of methoxy groups -OCH3 is 1. The van der Waals surface area contributed by atoms with Crippen LogP contribution in [0.4, 0.5) is 5.82 Å². The minimum atomic E-state index is -1.82. The molecule has 0 bridgehead atoms. The summed E-state index contributed by atoms with van der Waals surface area (Å²) in [6.45, 7) is 2.85. The molecule has 1 fully saturated rings. The second-order valence-corrected chi connectivity index (χ2v) is 7.84. The lowest BCUT2D eigenvalue weighted by Crippen LogP contribution is -2.34. The van der Waals surface area contributed by atoms with Gasteiger partial charge in [-0.1, -0.05) is 0 Å². The number of hydrogen-bond acceptors (Lipinski definition) is 8. The van der Waals surface area contributed by atoms with E-state index >= 15 is 0 Å². The van der Waals surface area contributed by atoms with Gasteiger partial charge in [-0.15, -0.1) is 0 Å². The predicted molar refractivity (Wildman–Crippen MR) is 102 cm³/mol. The van der Waals surface area contributed by atoms with Gasteiger partial charge < -0.3 is 19.4 Å². The van der Waals surface area contributed by atoms with E-state index in [4.69, 9.17) is 14.5 Å². The Labute approximate surface area is 157 Å². The molecule has 0 atom stereocenters. The van der Waals surface area contributed by atoms with Crippen molar-refractivity contribution in [1.82, 2.24) is 14.8 Å². The zero-order valence-corrected chi connectivity index (χ0v) is 16.2. The van der Waals surface area contributed by atoms with Crippen LogP contribution in [0.5, 0.6) is 5.88 Å². The largest absolute Gasteiger partial charge is 0.480 e. The Morgan fingerprint density at radius 1 is 1.37 bits per heavy atom. The Morgan fingerprint density at radius 2 is 2.07 bits per heavy atom. The van der Waals surface area contributed by atoms with Crippen molar-refractivity contribution in [1.29, 1.82) is 0 Å². The molecule has 0 unspecified atom stereocenters. The SMILES string of the molecule is COc1nc(N2CCC(CCP(O)O)CC2)cc2cnn(C(C)=O)c(=O)c12. The number of fused-ring (bicyclic) bond motifs is 1. The minimum absolute atomic E-state index is 0.179. The summed E-state index contributed by atoms with van der Waals surface area (Å²) in [6, 6.07) is 1.79. The van der Waals surface area contributed by atoms with Crippen molar-refractivity contribution < 1.29 is 19.3 Å². The quantitative estimate of drug-likeness (QED) is 0.730. The van der Waals surface area contributed by atoms with Gasteiger partial charge in [0, 0.05) is 31.6 Å². The van der Waals surface area contributed by atoms with E-state index in [9.17, 15) is 9.59 Å². The molecule has 0 saturated carbocycles. The number of carbonyl (C=O) groups is 1. The molecule has 3 heterocycles. The fourth-order valence-corrected chi connectivity index (χ4v) is 4.00. The van der Waals surface area contributed by atoms with Gasteiger partial charge >= 0.3 is 0 Å². The first-order chi connectivity index (χ1) is 12.9. The van der Waals surface area contributed by atoms with E-state index in [-0.39, 0.29) is 11.3 Å². The highest BCUT2D eigenvalue weighted by atomic mass is 31.2. The van der Waals surface area contributed by atoms with Crippen molar-refractivity contribution in [2.75, 3.05) is 31.3 Å². The third-order valence-electron chi connectivity index (χ3n) is 4.89.